The smallest absolute Gasteiger partial charge is 0.248 e. The van der Waals surface area contributed by atoms with E-state index in [0.717, 1.165) is 4.80 Å². The summed E-state index contributed by atoms with van der Waals surface area (Å²) in [6.07, 6.45) is 0. The standard InChI is InChI=1S/C15H11F2N5O/c16-11-4-6-13(7-5-11)18-14(23)9-22-20-15(19-21-22)10-2-1-3-12(17)8-10/h1-8H,9H2,(H,18,23). The zero-order chi connectivity index (χ0) is 16.2. The number of benzene rings is 2. The Labute approximate surface area is 129 Å². The van der Waals surface area contributed by atoms with E-state index in [4.69, 9.17) is 0 Å². The minimum Gasteiger partial charge on any atom is -0.324 e. The average molecular weight is 315 g/mol. The average Bonchev–Trinajstić information content (AvgIpc) is 2.98. The molecule has 116 valence electrons. The fourth-order valence-electron chi connectivity index (χ4n) is 1.92. The molecule has 0 saturated carbocycles. The van der Waals surface area contributed by atoms with Crippen molar-refractivity contribution >= 4 is 11.6 Å². The monoisotopic (exact) mass is 315 g/mol. The lowest BCUT2D eigenvalue weighted by atomic mass is 10.2. The van der Waals surface area contributed by atoms with E-state index in [9.17, 15) is 13.6 Å². The first-order valence-corrected chi connectivity index (χ1v) is 6.69. The van der Waals surface area contributed by atoms with Crippen LogP contribution in [0.4, 0.5) is 14.5 Å². The summed E-state index contributed by atoms with van der Waals surface area (Å²) in [7, 11) is 0. The Balaban J connectivity index is 1.66. The molecule has 0 aliphatic heterocycles. The van der Waals surface area contributed by atoms with Crippen LogP contribution in [-0.4, -0.2) is 26.1 Å². The summed E-state index contributed by atoms with van der Waals surface area (Å²) < 4.78 is 26.0. The van der Waals surface area contributed by atoms with E-state index in [0.29, 0.717) is 11.3 Å². The molecule has 0 aliphatic carbocycles. The molecule has 2 aromatic carbocycles. The molecule has 0 bridgehead atoms. The highest BCUT2D eigenvalue weighted by Gasteiger charge is 2.10. The number of hydrogen-bond donors (Lipinski definition) is 1. The maximum Gasteiger partial charge on any atom is 0.248 e. The van der Waals surface area contributed by atoms with Crippen LogP contribution < -0.4 is 5.32 Å². The van der Waals surface area contributed by atoms with E-state index in [1.807, 2.05) is 0 Å². The van der Waals surface area contributed by atoms with E-state index in [2.05, 4.69) is 20.7 Å². The molecule has 0 fully saturated rings. The SMILES string of the molecule is O=C(Cn1nnc(-c2cccc(F)c2)n1)Nc1ccc(F)cc1. The second kappa shape index (κ2) is 6.30. The van der Waals surface area contributed by atoms with Crippen molar-refractivity contribution in [2.75, 3.05) is 5.32 Å². The first-order valence-electron chi connectivity index (χ1n) is 6.69. The molecule has 0 aliphatic rings. The van der Waals surface area contributed by atoms with Crippen molar-refractivity contribution in [3.63, 3.8) is 0 Å². The zero-order valence-electron chi connectivity index (χ0n) is 11.8. The van der Waals surface area contributed by atoms with Gasteiger partial charge in [0.25, 0.3) is 0 Å². The maximum absolute atomic E-state index is 13.2. The molecular formula is C15H11F2N5O. The van der Waals surface area contributed by atoms with Gasteiger partial charge in [-0.15, -0.1) is 10.2 Å². The predicted octanol–water partition coefficient (Wildman–Crippen LogP) is 2.26. The molecule has 0 atom stereocenters. The van der Waals surface area contributed by atoms with Gasteiger partial charge < -0.3 is 5.32 Å². The lowest BCUT2D eigenvalue weighted by Gasteiger charge is -2.03. The van der Waals surface area contributed by atoms with E-state index in [-0.39, 0.29) is 24.1 Å². The Morgan fingerprint density at radius 1 is 1.09 bits per heavy atom. The van der Waals surface area contributed by atoms with Crippen LogP contribution in [0.2, 0.25) is 0 Å². The number of anilines is 1. The van der Waals surface area contributed by atoms with E-state index in [1.54, 1.807) is 6.07 Å². The van der Waals surface area contributed by atoms with Gasteiger partial charge in [-0.3, -0.25) is 4.79 Å². The first-order chi connectivity index (χ1) is 11.1. The molecule has 0 saturated heterocycles. The fraction of sp³-hybridized carbons (Fsp3) is 0.0667. The molecule has 3 aromatic rings. The largest absolute Gasteiger partial charge is 0.324 e. The highest BCUT2D eigenvalue weighted by atomic mass is 19.1. The number of tetrazole rings is 1. The molecule has 23 heavy (non-hydrogen) atoms. The lowest BCUT2D eigenvalue weighted by molar-refractivity contribution is -0.117. The Morgan fingerprint density at radius 2 is 1.87 bits per heavy atom. The van der Waals surface area contributed by atoms with Crippen molar-refractivity contribution in [2.24, 2.45) is 0 Å². The third-order valence-corrected chi connectivity index (χ3v) is 2.95. The molecule has 1 heterocycles. The van der Waals surface area contributed by atoms with Gasteiger partial charge in [-0.2, -0.15) is 4.80 Å². The second-order valence-corrected chi connectivity index (χ2v) is 4.71. The van der Waals surface area contributed by atoms with Crippen LogP contribution >= 0.6 is 0 Å². The minimum atomic E-state index is -0.409. The van der Waals surface area contributed by atoms with Gasteiger partial charge in [0.05, 0.1) is 0 Å². The number of halogens is 2. The van der Waals surface area contributed by atoms with Crippen LogP contribution in [-0.2, 0) is 11.3 Å². The summed E-state index contributed by atoms with van der Waals surface area (Å²) in [4.78, 5) is 13.0. The fourth-order valence-corrected chi connectivity index (χ4v) is 1.92. The third kappa shape index (κ3) is 3.73. The molecule has 3 rings (SSSR count). The maximum atomic E-state index is 13.2. The van der Waals surface area contributed by atoms with E-state index in [1.165, 1.54) is 42.5 Å². The van der Waals surface area contributed by atoms with Gasteiger partial charge in [0.15, 0.2) is 0 Å². The summed E-state index contributed by atoms with van der Waals surface area (Å²) in [6.45, 7) is -0.167. The van der Waals surface area contributed by atoms with Crippen molar-refractivity contribution in [3.8, 4) is 11.4 Å². The zero-order valence-corrected chi connectivity index (χ0v) is 11.8. The van der Waals surface area contributed by atoms with Crippen LogP contribution in [0.1, 0.15) is 0 Å². The number of nitrogens with one attached hydrogen (secondary N) is 1. The van der Waals surface area contributed by atoms with Crippen molar-refractivity contribution < 1.29 is 13.6 Å². The normalized spacial score (nSPS) is 10.5. The quantitative estimate of drug-likeness (QED) is 0.801. The van der Waals surface area contributed by atoms with Gasteiger partial charge in [0.2, 0.25) is 11.7 Å². The van der Waals surface area contributed by atoms with Gasteiger partial charge in [-0.25, -0.2) is 8.78 Å². The molecule has 1 aromatic heterocycles. The van der Waals surface area contributed by atoms with Crippen molar-refractivity contribution in [1.29, 1.82) is 0 Å². The topological polar surface area (TPSA) is 72.7 Å². The number of carbonyl (C=O) groups excluding carboxylic acids is 1. The van der Waals surface area contributed by atoms with Crippen LogP contribution in [0.15, 0.2) is 48.5 Å². The molecule has 0 radical (unpaired) electrons. The van der Waals surface area contributed by atoms with Crippen molar-refractivity contribution in [3.05, 3.63) is 60.2 Å². The van der Waals surface area contributed by atoms with Gasteiger partial charge >= 0.3 is 0 Å². The van der Waals surface area contributed by atoms with Gasteiger partial charge in [-0.1, -0.05) is 12.1 Å². The Bertz CT molecular complexity index is 832. The van der Waals surface area contributed by atoms with Gasteiger partial charge in [0.1, 0.15) is 18.2 Å². The predicted molar refractivity (Wildman–Crippen MR) is 78.2 cm³/mol. The number of carbonyl (C=O) groups is 1. The molecule has 0 unspecified atom stereocenters. The van der Waals surface area contributed by atoms with Gasteiger partial charge in [0, 0.05) is 11.3 Å². The summed E-state index contributed by atoms with van der Waals surface area (Å²) >= 11 is 0. The summed E-state index contributed by atoms with van der Waals surface area (Å²) in [5, 5.41) is 14.1. The Kier molecular flexibility index (Phi) is 4.05. The summed E-state index contributed by atoms with van der Waals surface area (Å²) in [5.74, 6) is -0.965. The Morgan fingerprint density at radius 3 is 2.61 bits per heavy atom. The second-order valence-electron chi connectivity index (χ2n) is 4.71. The van der Waals surface area contributed by atoms with E-state index < -0.39 is 5.82 Å². The lowest BCUT2D eigenvalue weighted by Crippen LogP contribution is -2.20. The molecule has 0 spiro atoms. The third-order valence-electron chi connectivity index (χ3n) is 2.95. The number of aromatic nitrogens is 4. The molecule has 1 N–H and O–H groups in total. The Hall–Kier alpha value is -3.16. The highest BCUT2D eigenvalue weighted by Crippen LogP contribution is 2.14. The van der Waals surface area contributed by atoms with Crippen LogP contribution in [0, 0.1) is 11.6 Å². The van der Waals surface area contributed by atoms with E-state index >= 15 is 0 Å². The number of nitrogens with zero attached hydrogens (tertiary/aromatic N) is 4. The minimum absolute atomic E-state index is 0.167. The first kappa shape index (κ1) is 14.8. The van der Waals surface area contributed by atoms with Crippen molar-refractivity contribution in [1.82, 2.24) is 20.2 Å². The van der Waals surface area contributed by atoms with Crippen LogP contribution in [0.25, 0.3) is 11.4 Å². The molecule has 8 heteroatoms. The number of rotatable bonds is 4. The van der Waals surface area contributed by atoms with Crippen molar-refractivity contribution in [2.45, 2.75) is 6.54 Å². The molecular weight excluding hydrogens is 304 g/mol. The number of hydrogen-bond acceptors (Lipinski definition) is 4. The van der Waals surface area contributed by atoms with Crippen LogP contribution in [0.3, 0.4) is 0 Å². The van der Waals surface area contributed by atoms with Crippen LogP contribution in [0.5, 0.6) is 0 Å². The van der Waals surface area contributed by atoms with Gasteiger partial charge in [-0.05, 0) is 41.6 Å². The highest BCUT2D eigenvalue weighted by molar-refractivity contribution is 5.90. The summed E-state index contributed by atoms with van der Waals surface area (Å²) in [5.41, 5.74) is 0.928. The number of amides is 1. The molecule has 1 amide bonds. The summed E-state index contributed by atoms with van der Waals surface area (Å²) in [6, 6.07) is 11.1. The molecule has 6 nitrogen and oxygen atoms in total.